The van der Waals surface area contributed by atoms with Crippen molar-refractivity contribution in [2.45, 2.75) is 18.5 Å². The number of thiophene rings is 1. The molecule has 0 radical (unpaired) electrons. The number of aromatic nitrogens is 2. The summed E-state index contributed by atoms with van der Waals surface area (Å²) in [5.74, 6) is -0.0319. The van der Waals surface area contributed by atoms with Crippen LogP contribution in [-0.2, 0) is 11.2 Å². The third-order valence-corrected chi connectivity index (χ3v) is 6.77. The van der Waals surface area contributed by atoms with Gasteiger partial charge < -0.3 is 5.32 Å². The van der Waals surface area contributed by atoms with Crippen molar-refractivity contribution in [1.29, 1.82) is 0 Å². The predicted molar refractivity (Wildman–Crippen MR) is 125 cm³/mol. The summed E-state index contributed by atoms with van der Waals surface area (Å²) in [7, 11) is 0. The Kier molecular flexibility index (Phi) is 6.22. The van der Waals surface area contributed by atoms with E-state index in [0.717, 1.165) is 17.0 Å². The average Bonchev–Trinajstić information content (AvgIpc) is 3.18. The van der Waals surface area contributed by atoms with Crippen LogP contribution in [0, 0.1) is 0 Å². The lowest BCUT2D eigenvalue weighted by atomic mass is 10.3. The summed E-state index contributed by atoms with van der Waals surface area (Å²) in [5, 5.41) is 4.50. The normalized spacial score (nSPS) is 11.0. The molecule has 0 spiro atoms. The van der Waals surface area contributed by atoms with Gasteiger partial charge in [0.2, 0.25) is 5.91 Å². The number of amides is 1. The lowest BCUT2D eigenvalue weighted by Gasteiger charge is -2.12. The lowest BCUT2D eigenvalue weighted by Crippen LogP contribution is -2.22. The summed E-state index contributed by atoms with van der Waals surface area (Å²) in [5.41, 5.74) is 1.24. The first kappa shape index (κ1) is 20.7. The second-order valence-corrected chi connectivity index (χ2v) is 8.99. The maximum atomic E-state index is 13.3. The van der Waals surface area contributed by atoms with Crippen LogP contribution in [-0.4, -0.2) is 21.2 Å². The van der Waals surface area contributed by atoms with Crippen molar-refractivity contribution in [3.63, 3.8) is 0 Å². The smallest absolute Gasteiger partial charge is 0.267 e. The van der Waals surface area contributed by atoms with E-state index in [2.05, 4.69) is 5.32 Å². The molecule has 1 amide bonds. The maximum Gasteiger partial charge on any atom is 0.267 e. The summed E-state index contributed by atoms with van der Waals surface area (Å²) in [4.78, 5) is 32.2. The summed E-state index contributed by atoms with van der Waals surface area (Å²) in [6.45, 7) is 2.05. The van der Waals surface area contributed by atoms with E-state index in [4.69, 9.17) is 16.6 Å². The Morgan fingerprint density at radius 3 is 2.60 bits per heavy atom. The number of carbonyl (C=O) groups is 1. The number of para-hydroxylation sites is 1. The van der Waals surface area contributed by atoms with Crippen molar-refractivity contribution in [2.75, 3.05) is 11.1 Å². The van der Waals surface area contributed by atoms with Crippen molar-refractivity contribution >= 4 is 56.5 Å². The summed E-state index contributed by atoms with van der Waals surface area (Å²) in [6, 6.07) is 18.2. The number of nitrogens with zero attached hydrogens (tertiary/aromatic N) is 2. The minimum Gasteiger partial charge on any atom is -0.325 e. The maximum absolute atomic E-state index is 13.3. The monoisotopic (exact) mass is 455 g/mol. The predicted octanol–water partition coefficient (Wildman–Crippen LogP) is 5.39. The second kappa shape index (κ2) is 9.04. The molecule has 2 aromatic carbocycles. The van der Waals surface area contributed by atoms with Gasteiger partial charge >= 0.3 is 0 Å². The zero-order chi connectivity index (χ0) is 21.1. The molecule has 0 unspecified atom stereocenters. The molecule has 0 saturated carbocycles. The molecule has 1 N–H and O–H groups in total. The van der Waals surface area contributed by atoms with Crippen molar-refractivity contribution in [2.24, 2.45) is 0 Å². The topological polar surface area (TPSA) is 64.0 Å². The largest absolute Gasteiger partial charge is 0.325 e. The van der Waals surface area contributed by atoms with Crippen LogP contribution in [0.1, 0.15) is 11.8 Å². The van der Waals surface area contributed by atoms with Gasteiger partial charge in [0.15, 0.2) is 5.16 Å². The minimum absolute atomic E-state index is 0.131. The van der Waals surface area contributed by atoms with E-state index in [9.17, 15) is 9.59 Å². The Morgan fingerprint density at radius 1 is 1.17 bits per heavy atom. The van der Waals surface area contributed by atoms with Crippen molar-refractivity contribution in [1.82, 2.24) is 9.55 Å². The van der Waals surface area contributed by atoms with E-state index in [1.54, 1.807) is 28.8 Å². The number of hydrogen-bond acceptors (Lipinski definition) is 5. The molecule has 2 heterocycles. The zero-order valence-electron chi connectivity index (χ0n) is 16.1. The van der Waals surface area contributed by atoms with Gasteiger partial charge in [-0.1, -0.05) is 48.5 Å². The highest BCUT2D eigenvalue weighted by atomic mass is 35.5. The minimum atomic E-state index is -0.163. The van der Waals surface area contributed by atoms with Gasteiger partial charge in [0.25, 0.3) is 5.56 Å². The fourth-order valence-corrected chi connectivity index (χ4v) is 4.90. The number of anilines is 1. The van der Waals surface area contributed by atoms with Crippen LogP contribution in [0.5, 0.6) is 0 Å². The second-order valence-electron chi connectivity index (χ2n) is 6.50. The number of benzene rings is 2. The Bertz CT molecular complexity index is 1250. The summed E-state index contributed by atoms with van der Waals surface area (Å²) < 4.78 is 1.55. The SMILES string of the molecule is CCc1cc2c(=O)n(-c3ccc(Cl)cc3)c(SCC(=O)Nc3ccccc3)nc2s1. The quantitative estimate of drug-likeness (QED) is 0.312. The highest BCUT2D eigenvalue weighted by Gasteiger charge is 2.17. The molecule has 30 heavy (non-hydrogen) atoms. The van der Waals surface area contributed by atoms with Gasteiger partial charge in [-0.3, -0.25) is 14.2 Å². The Balaban J connectivity index is 1.69. The van der Waals surface area contributed by atoms with Crippen molar-refractivity contribution < 1.29 is 4.79 Å². The molecule has 0 aliphatic rings. The molecule has 0 atom stereocenters. The third-order valence-electron chi connectivity index (χ3n) is 4.41. The molecule has 5 nitrogen and oxygen atoms in total. The number of rotatable bonds is 6. The van der Waals surface area contributed by atoms with Crippen molar-refractivity contribution in [3.05, 3.63) is 80.9 Å². The number of halogens is 1. The zero-order valence-corrected chi connectivity index (χ0v) is 18.5. The summed E-state index contributed by atoms with van der Waals surface area (Å²) in [6.07, 6.45) is 0.837. The van der Waals surface area contributed by atoms with Gasteiger partial charge in [-0.25, -0.2) is 4.98 Å². The molecule has 0 bridgehead atoms. The van der Waals surface area contributed by atoms with Crippen LogP contribution in [0.15, 0.2) is 70.6 Å². The Morgan fingerprint density at radius 2 is 1.90 bits per heavy atom. The van der Waals surface area contributed by atoms with Crippen LogP contribution in [0.3, 0.4) is 0 Å². The average molecular weight is 456 g/mol. The number of aryl methyl sites for hydroxylation is 1. The van der Waals surface area contributed by atoms with Gasteiger partial charge in [0.1, 0.15) is 4.83 Å². The number of fused-ring (bicyclic) bond motifs is 1. The molecule has 2 aromatic heterocycles. The van der Waals surface area contributed by atoms with E-state index in [-0.39, 0.29) is 17.2 Å². The highest BCUT2D eigenvalue weighted by molar-refractivity contribution is 7.99. The van der Waals surface area contributed by atoms with E-state index in [0.29, 0.717) is 26.1 Å². The van der Waals surface area contributed by atoms with Gasteiger partial charge in [-0.05, 0) is 48.9 Å². The standard InChI is InChI=1S/C22H18ClN3O2S2/c1-2-17-12-18-20(30-17)25-22(26(21(18)28)16-10-8-14(23)9-11-16)29-13-19(27)24-15-6-4-3-5-7-15/h3-12H,2,13H2,1H3,(H,24,27). The molecular weight excluding hydrogens is 438 g/mol. The van der Waals surface area contributed by atoms with Crippen LogP contribution in [0.25, 0.3) is 15.9 Å². The molecule has 4 rings (SSSR count). The van der Waals surface area contributed by atoms with E-state index < -0.39 is 0 Å². The van der Waals surface area contributed by atoms with E-state index in [1.165, 1.54) is 23.1 Å². The number of nitrogens with one attached hydrogen (secondary N) is 1. The molecular formula is C22H18ClN3O2S2. The fourth-order valence-electron chi connectivity index (χ4n) is 2.95. The number of thioether (sulfide) groups is 1. The molecule has 0 aliphatic heterocycles. The van der Waals surface area contributed by atoms with Crippen LogP contribution in [0.2, 0.25) is 5.02 Å². The molecule has 4 aromatic rings. The molecule has 0 fully saturated rings. The van der Waals surface area contributed by atoms with Gasteiger partial charge in [-0.15, -0.1) is 11.3 Å². The van der Waals surface area contributed by atoms with Gasteiger partial charge in [0.05, 0.1) is 16.8 Å². The van der Waals surface area contributed by atoms with Crippen LogP contribution in [0.4, 0.5) is 5.69 Å². The third kappa shape index (κ3) is 4.43. The molecule has 8 heteroatoms. The molecule has 152 valence electrons. The summed E-state index contributed by atoms with van der Waals surface area (Å²) >= 11 is 8.76. The number of hydrogen-bond donors (Lipinski definition) is 1. The van der Waals surface area contributed by atoms with Crippen LogP contribution < -0.4 is 10.9 Å². The van der Waals surface area contributed by atoms with Crippen LogP contribution >= 0.6 is 34.7 Å². The van der Waals surface area contributed by atoms with Crippen molar-refractivity contribution in [3.8, 4) is 5.69 Å². The number of carbonyl (C=O) groups excluding carboxylic acids is 1. The van der Waals surface area contributed by atoms with Gasteiger partial charge in [-0.2, -0.15) is 0 Å². The Labute approximate surface area is 186 Å². The molecule has 0 saturated heterocycles. The van der Waals surface area contributed by atoms with Gasteiger partial charge in [0, 0.05) is 15.6 Å². The lowest BCUT2D eigenvalue weighted by molar-refractivity contribution is -0.113. The highest BCUT2D eigenvalue weighted by Crippen LogP contribution is 2.27. The first-order valence-electron chi connectivity index (χ1n) is 9.34. The molecule has 0 aliphatic carbocycles. The first-order chi connectivity index (χ1) is 14.5. The fraction of sp³-hybridized carbons (Fsp3) is 0.136. The Hall–Kier alpha value is -2.61. The van der Waals surface area contributed by atoms with E-state index >= 15 is 0 Å². The van der Waals surface area contributed by atoms with E-state index in [1.807, 2.05) is 43.3 Å². The first-order valence-corrected chi connectivity index (χ1v) is 11.5.